The molecule has 1 rings (SSSR count). The fourth-order valence-corrected chi connectivity index (χ4v) is 2.81. The molecule has 3 nitrogen and oxygen atoms in total. The molecule has 0 radical (unpaired) electrons. The molecule has 0 heterocycles. The summed E-state index contributed by atoms with van der Waals surface area (Å²) in [6, 6.07) is 0. The van der Waals surface area contributed by atoms with Crippen LogP contribution >= 0.6 is 0 Å². The summed E-state index contributed by atoms with van der Waals surface area (Å²) in [5.41, 5.74) is 5.68. The summed E-state index contributed by atoms with van der Waals surface area (Å²) in [5, 5.41) is 0. The first-order chi connectivity index (χ1) is 8.16. The molecule has 0 aliphatic heterocycles. The van der Waals surface area contributed by atoms with Crippen molar-refractivity contribution in [2.75, 3.05) is 20.1 Å². The Morgan fingerprint density at radius 1 is 1.24 bits per heavy atom. The smallest absolute Gasteiger partial charge is 0.229 e. The number of nitrogens with zero attached hydrogens (tertiary/aromatic N) is 1. The van der Waals surface area contributed by atoms with Crippen molar-refractivity contribution >= 4 is 5.91 Å². The lowest BCUT2D eigenvalue weighted by molar-refractivity contribution is -0.141. The maximum Gasteiger partial charge on any atom is 0.229 e. The van der Waals surface area contributed by atoms with Gasteiger partial charge in [-0.15, -0.1) is 0 Å². The normalized spacial score (nSPS) is 19.7. The minimum Gasteiger partial charge on any atom is -0.345 e. The van der Waals surface area contributed by atoms with Crippen molar-refractivity contribution in [3.8, 4) is 0 Å². The Morgan fingerprint density at radius 3 is 2.29 bits per heavy atom. The van der Waals surface area contributed by atoms with Gasteiger partial charge in [0.25, 0.3) is 0 Å². The third kappa shape index (κ3) is 3.70. The van der Waals surface area contributed by atoms with E-state index in [4.69, 9.17) is 5.73 Å². The summed E-state index contributed by atoms with van der Waals surface area (Å²) >= 11 is 0. The number of amides is 1. The molecule has 100 valence electrons. The van der Waals surface area contributed by atoms with E-state index in [2.05, 4.69) is 6.92 Å². The second-order valence-electron chi connectivity index (χ2n) is 5.48. The van der Waals surface area contributed by atoms with Crippen molar-refractivity contribution < 1.29 is 4.79 Å². The molecule has 0 atom stereocenters. The Bertz CT molecular complexity index is 232. The van der Waals surface area contributed by atoms with Gasteiger partial charge in [0.15, 0.2) is 0 Å². The third-order valence-electron chi connectivity index (χ3n) is 4.10. The van der Waals surface area contributed by atoms with Crippen molar-refractivity contribution in [3.05, 3.63) is 0 Å². The van der Waals surface area contributed by atoms with Gasteiger partial charge in [0.2, 0.25) is 5.91 Å². The van der Waals surface area contributed by atoms with Gasteiger partial charge in [0, 0.05) is 20.1 Å². The highest BCUT2D eigenvalue weighted by Gasteiger charge is 2.38. The van der Waals surface area contributed by atoms with E-state index in [1.807, 2.05) is 11.9 Å². The molecule has 1 fully saturated rings. The molecule has 0 aromatic heterocycles. The minimum absolute atomic E-state index is 0.251. The molecule has 0 saturated heterocycles. The number of unbranched alkanes of at least 4 members (excludes halogenated alkanes) is 1. The van der Waals surface area contributed by atoms with E-state index in [0.29, 0.717) is 6.54 Å². The molecule has 0 aromatic carbocycles. The Labute approximate surface area is 106 Å². The summed E-state index contributed by atoms with van der Waals surface area (Å²) in [6.07, 6.45) is 9.02. The molecular formula is C14H28N2O. The highest BCUT2D eigenvalue weighted by atomic mass is 16.2. The van der Waals surface area contributed by atoms with Gasteiger partial charge in [0.05, 0.1) is 5.41 Å². The number of carbonyl (C=O) groups is 1. The topological polar surface area (TPSA) is 46.3 Å². The average molecular weight is 240 g/mol. The predicted octanol–water partition coefficient (Wildman–Crippen LogP) is 2.54. The molecule has 0 unspecified atom stereocenters. The van der Waals surface area contributed by atoms with Crippen LogP contribution in [-0.4, -0.2) is 30.9 Å². The lowest BCUT2D eigenvalue weighted by atomic mass is 9.79. The van der Waals surface area contributed by atoms with Gasteiger partial charge in [-0.3, -0.25) is 4.79 Å². The first-order valence-electron chi connectivity index (χ1n) is 7.12. The third-order valence-corrected chi connectivity index (χ3v) is 4.10. The van der Waals surface area contributed by atoms with Crippen molar-refractivity contribution in [1.82, 2.24) is 4.90 Å². The monoisotopic (exact) mass is 240 g/mol. The quantitative estimate of drug-likeness (QED) is 0.751. The second kappa shape index (κ2) is 7.00. The van der Waals surface area contributed by atoms with Crippen LogP contribution in [0.4, 0.5) is 0 Å². The van der Waals surface area contributed by atoms with Crippen LogP contribution in [0.5, 0.6) is 0 Å². The molecule has 0 spiro atoms. The molecule has 0 aromatic rings. The van der Waals surface area contributed by atoms with Crippen molar-refractivity contribution in [2.24, 2.45) is 11.1 Å². The lowest BCUT2D eigenvalue weighted by Gasteiger charge is -2.34. The highest BCUT2D eigenvalue weighted by Crippen LogP contribution is 2.35. The number of hydrogen-bond acceptors (Lipinski definition) is 2. The van der Waals surface area contributed by atoms with E-state index in [-0.39, 0.29) is 11.3 Å². The van der Waals surface area contributed by atoms with Gasteiger partial charge >= 0.3 is 0 Å². The van der Waals surface area contributed by atoms with E-state index < -0.39 is 0 Å². The van der Waals surface area contributed by atoms with Crippen molar-refractivity contribution in [3.63, 3.8) is 0 Å². The van der Waals surface area contributed by atoms with Gasteiger partial charge in [-0.25, -0.2) is 0 Å². The maximum absolute atomic E-state index is 12.6. The van der Waals surface area contributed by atoms with Gasteiger partial charge in [-0.05, 0) is 19.3 Å². The van der Waals surface area contributed by atoms with Crippen LogP contribution in [0.25, 0.3) is 0 Å². The molecule has 1 aliphatic rings. The summed E-state index contributed by atoms with van der Waals surface area (Å²) < 4.78 is 0. The molecular weight excluding hydrogens is 212 g/mol. The molecule has 1 amide bonds. The Kier molecular flexibility index (Phi) is 5.96. The number of hydrogen-bond donors (Lipinski definition) is 1. The average Bonchev–Trinajstić information content (AvgIpc) is 2.61. The molecule has 2 N–H and O–H groups in total. The Balaban J connectivity index is 2.66. The van der Waals surface area contributed by atoms with E-state index in [0.717, 1.165) is 45.1 Å². The van der Waals surface area contributed by atoms with Gasteiger partial charge in [0.1, 0.15) is 0 Å². The zero-order valence-electron chi connectivity index (χ0n) is 11.5. The van der Waals surface area contributed by atoms with Crippen molar-refractivity contribution in [1.29, 1.82) is 0 Å². The summed E-state index contributed by atoms with van der Waals surface area (Å²) in [6.45, 7) is 3.54. The zero-order chi connectivity index (χ0) is 12.7. The summed E-state index contributed by atoms with van der Waals surface area (Å²) in [5.74, 6) is 0.287. The van der Waals surface area contributed by atoms with E-state index in [9.17, 15) is 4.79 Å². The number of rotatable bonds is 5. The lowest BCUT2D eigenvalue weighted by Crippen LogP contribution is -2.46. The fourth-order valence-electron chi connectivity index (χ4n) is 2.81. The van der Waals surface area contributed by atoms with Crippen LogP contribution in [0.1, 0.15) is 58.3 Å². The van der Waals surface area contributed by atoms with Crippen LogP contribution in [0.3, 0.4) is 0 Å². The first kappa shape index (κ1) is 14.5. The molecule has 1 aliphatic carbocycles. The predicted molar refractivity (Wildman–Crippen MR) is 71.7 cm³/mol. The maximum atomic E-state index is 12.6. The largest absolute Gasteiger partial charge is 0.345 e. The van der Waals surface area contributed by atoms with E-state index in [1.165, 1.54) is 12.8 Å². The van der Waals surface area contributed by atoms with Crippen molar-refractivity contribution in [2.45, 2.75) is 58.3 Å². The van der Waals surface area contributed by atoms with Crippen LogP contribution in [0.2, 0.25) is 0 Å². The molecule has 0 bridgehead atoms. The zero-order valence-corrected chi connectivity index (χ0v) is 11.5. The number of nitrogens with two attached hydrogens (primary N) is 1. The molecule has 3 heteroatoms. The SMILES string of the molecule is CCCCN(C)C(=O)C1(CN)CCCCCC1. The number of carbonyl (C=O) groups excluding carboxylic acids is 1. The Morgan fingerprint density at radius 2 is 1.82 bits per heavy atom. The highest BCUT2D eigenvalue weighted by molar-refractivity contribution is 5.82. The van der Waals surface area contributed by atoms with Crippen LogP contribution < -0.4 is 5.73 Å². The van der Waals surface area contributed by atoms with E-state index >= 15 is 0 Å². The van der Waals surface area contributed by atoms with Crippen LogP contribution in [-0.2, 0) is 4.79 Å². The van der Waals surface area contributed by atoms with Gasteiger partial charge in [-0.1, -0.05) is 39.0 Å². The first-order valence-corrected chi connectivity index (χ1v) is 7.12. The Hall–Kier alpha value is -0.570. The second-order valence-corrected chi connectivity index (χ2v) is 5.48. The summed E-state index contributed by atoms with van der Waals surface area (Å²) in [4.78, 5) is 14.5. The van der Waals surface area contributed by atoms with Gasteiger partial charge < -0.3 is 10.6 Å². The summed E-state index contributed by atoms with van der Waals surface area (Å²) in [7, 11) is 1.93. The standard InChI is InChI=1S/C14H28N2O/c1-3-4-11-16(2)13(17)14(12-15)9-7-5-6-8-10-14/h3-12,15H2,1-2H3. The van der Waals surface area contributed by atoms with Crippen LogP contribution in [0, 0.1) is 5.41 Å². The van der Waals surface area contributed by atoms with Crippen LogP contribution in [0.15, 0.2) is 0 Å². The minimum atomic E-state index is -0.251. The molecule has 1 saturated carbocycles. The van der Waals surface area contributed by atoms with E-state index in [1.54, 1.807) is 0 Å². The van der Waals surface area contributed by atoms with Gasteiger partial charge in [-0.2, -0.15) is 0 Å². The molecule has 17 heavy (non-hydrogen) atoms. The fraction of sp³-hybridized carbons (Fsp3) is 0.929.